The molecule has 3 rings (SSSR count). The number of rotatable bonds is 7. The zero-order valence-electron chi connectivity index (χ0n) is 16.0. The van der Waals surface area contributed by atoms with Crippen molar-refractivity contribution in [2.75, 3.05) is 24.9 Å². The smallest absolute Gasteiger partial charge is 0.257 e. The first-order valence-electron chi connectivity index (χ1n) is 8.61. The number of ether oxygens (including phenoxy) is 2. The monoisotopic (exact) mass is 433 g/mol. The highest BCUT2D eigenvalue weighted by molar-refractivity contribution is 7.14. The number of nitrogens with zero attached hydrogens (tertiary/aromatic N) is 1. The number of halogens is 2. The summed E-state index contributed by atoms with van der Waals surface area (Å²) >= 11 is 1.15. The van der Waals surface area contributed by atoms with Crippen molar-refractivity contribution >= 4 is 34.0 Å². The van der Waals surface area contributed by atoms with Crippen LogP contribution >= 0.6 is 11.3 Å². The molecule has 0 spiro atoms. The molecule has 3 aromatic rings. The van der Waals surface area contributed by atoms with Crippen LogP contribution in [0.15, 0.2) is 41.8 Å². The molecule has 156 valence electrons. The quantitative estimate of drug-likeness (QED) is 0.590. The van der Waals surface area contributed by atoms with Crippen LogP contribution in [0.2, 0.25) is 0 Å². The van der Waals surface area contributed by atoms with E-state index in [1.807, 2.05) is 0 Å². The van der Waals surface area contributed by atoms with Crippen LogP contribution in [0.5, 0.6) is 11.5 Å². The fourth-order valence-electron chi connectivity index (χ4n) is 2.50. The van der Waals surface area contributed by atoms with Gasteiger partial charge in [-0.1, -0.05) is 0 Å². The maximum absolute atomic E-state index is 13.2. The Morgan fingerprint density at radius 1 is 1.00 bits per heavy atom. The summed E-state index contributed by atoms with van der Waals surface area (Å²) in [5.74, 6) is -2.00. The summed E-state index contributed by atoms with van der Waals surface area (Å²) in [6.07, 6.45) is -0.0989. The number of amides is 2. The van der Waals surface area contributed by atoms with E-state index in [-0.39, 0.29) is 12.1 Å². The normalized spacial score (nSPS) is 10.4. The third-order valence-electron chi connectivity index (χ3n) is 3.93. The van der Waals surface area contributed by atoms with Gasteiger partial charge in [-0.05, 0) is 24.3 Å². The highest BCUT2D eigenvalue weighted by atomic mass is 32.1. The minimum atomic E-state index is -1.05. The predicted molar refractivity (Wildman–Crippen MR) is 108 cm³/mol. The molecule has 0 aliphatic heterocycles. The van der Waals surface area contributed by atoms with Crippen molar-refractivity contribution in [1.82, 2.24) is 4.98 Å². The number of hydrogen-bond acceptors (Lipinski definition) is 6. The number of carbonyl (C=O) groups is 2. The predicted octanol–water partition coefficient (Wildman–Crippen LogP) is 3.87. The lowest BCUT2D eigenvalue weighted by Crippen LogP contribution is -2.15. The van der Waals surface area contributed by atoms with Crippen LogP contribution in [0.25, 0.3) is 0 Å². The molecule has 0 fully saturated rings. The minimum Gasteiger partial charge on any atom is -0.497 e. The van der Waals surface area contributed by atoms with Crippen LogP contribution in [0.3, 0.4) is 0 Å². The van der Waals surface area contributed by atoms with E-state index in [0.29, 0.717) is 27.9 Å². The lowest BCUT2D eigenvalue weighted by atomic mass is 10.2. The van der Waals surface area contributed by atoms with E-state index in [0.717, 1.165) is 23.5 Å². The van der Waals surface area contributed by atoms with Crippen molar-refractivity contribution in [2.24, 2.45) is 0 Å². The number of aromatic nitrogens is 1. The van der Waals surface area contributed by atoms with Gasteiger partial charge in [0.1, 0.15) is 11.5 Å². The summed E-state index contributed by atoms with van der Waals surface area (Å²) in [4.78, 5) is 28.8. The summed E-state index contributed by atoms with van der Waals surface area (Å²) in [7, 11) is 2.96. The van der Waals surface area contributed by atoms with E-state index in [2.05, 4.69) is 15.6 Å². The standard InChI is InChI=1S/C20H17F2N3O4S/c1-28-14-5-11(6-15(9-14)29-2)19(27)25-20-24-13(10-30-20)8-18(26)23-12-3-4-16(21)17(22)7-12/h3-7,9-10H,8H2,1-2H3,(H,23,26)(H,24,25,27). The van der Waals surface area contributed by atoms with Gasteiger partial charge >= 0.3 is 0 Å². The number of benzene rings is 2. The van der Waals surface area contributed by atoms with Crippen molar-refractivity contribution in [1.29, 1.82) is 0 Å². The number of carbonyl (C=O) groups excluding carboxylic acids is 2. The van der Waals surface area contributed by atoms with Gasteiger partial charge in [0.25, 0.3) is 5.91 Å². The molecule has 0 atom stereocenters. The fourth-order valence-corrected chi connectivity index (χ4v) is 3.20. The Kier molecular flexibility index (Phi) is 6.58. The molecule has 7 nitrogen and oxygen atoms in total. The molecule has 10 heteroatoms. The van der Waals surface area contributed by atoms with Gasteiger partial charge in [0, 0.05) is 28.8 Å². The molecule has 0 unspecified atom stereocenters. The Morgan fingerprint density at radius 3 is 2.33 bits per heavy atom. The van der Waals surface area contributed by atoms with Gasteiger partial charge in [0.15, 0.2) is 16.8 Å². The third-order valence-corrected chi connectivity index (χ3v) is 4.74. The average Bonchev–Trinajstić information content (AvgIpc) is 3.16. The molecule has 0 aliphatic rings. The van der Waals surface area contributed by atoms with E-state index in [1.165, 1.54) is 20.3 Å². The third kappa shape index (κ3) is 5.29. The summed E-state index contributed by atoms with van der Waals surface area (Å²) in [6.45, 7) is 0. The molecule has 30 heavy (non-hydrogen) atoms. The summed E-state index contributed by atoms with van der Waals surface area (Å²) in [5.41, 5.74) is 0.868. The second-order valence-corrected chi connectivity index (χ2v) is 6.91. The Bertz CT molecular complexity index is 1070. The van der Waals surface area contributed by atoms with Crippen LogP contribution in [0.1, 0.15) is 16.1 Å². The molecular weight excluding hydrogens is 416 g/mol. The van der Waals surface area contributed by atoms with Gasteiger partial charge < -0.3 is 14.8 Å². The van der Waals surface area contributed by atoms with Crippen LogP contribution in [0, 0.1) is 11.6 Å². The topological polar surface area (TPSA) is 89.6 Å². The number of methoxy groups -OCH3 is 2. The SMILES string of the molecule is COc1cc(OC)cc(C(=O)Nc2nc(CC(=O)Nc3ccc(F)c(F)c3)cs2)c1. The zero-order valence-corrected chi connectivity index (χ0v) is 16.8. The second-order valence-electron chi connectivity index (χ2n) is 6.05. The Morgan fingerprint density at radius 2 is 1.70 bits per heavy atom. The summed E-state index contributed by atoms with van der Waals surface area (Å²) < 4.78 is 36.5. The van der Waals surface area contributed by atoms with Crippen molar-refractivity contribution in [3.63, 3.8) is 0 Å². The van der Waals surface area contributed by atoms with E-state index in [1.54, 1.807) is 23.6 Å². The second kappa shape index (κ2) is 9.31. The van der Waals surface area contributed by atoms with Crippen molar-refractivity contribution in [2.45, 2.75) is 6.42 Å². The van der Waals surface area contributed by atoms with E-state index < -0.39 is 23.4 Å². The molecule has 0 saturated carbocycles. The first-order chi connectivity index (χ1) is 14.4. The van der Waals surface area contributed by atoms with Gasteiger partial charge in [-0.15, -0.1) is 11.3 Å². The minimum absolute atomic E-state index is 0.0989. The van der Waals surface area contributed by atoms with Crippen molar-refractivity contribution in [3.05, 3.63) is 64.7 Å². The largest absolute Gasteiger partial charge is 0.497 e. The Balaban J connectivity index is 1.62. The first-order valence-corrected chi connectivity index (χ1v) is 9.49. The maximum Gasteiger partial charge on any atom is 0.257 e. The van der Waals surface area contributed by atoms with Crippen LogP contribution in [-0.2, 0) is 11.2 Å². The van der Waals surface area contributed by atoms with E-state index in [9.17, 15) is 18.4 Å². The maximum atomic E-state index is 13.2. The van der Waals surface area contributed by atoms with E-state index >= 15 is 0 Å². The number of anilines is 2. The molecule has 2 N–H and O–H groups in total. The molecular formula is C20H17F2N3O4S. The summed E-state index contributed by atoms with van der Waals surface area (Å²) in [6, 6.07) is 7.83. The lowest BCUT2D eigenvalue weighted by molar-refractivity contribution is -0.115. The highest BCUT2D eigenvalue weighted by Crippen LogP contribution is 2.24. The zero-order chi connectivity index (χ0) is 21.7. The van der Waals surface area contributed by atoms with Crippen molar-refractivity contribution in [3.8, 4) is 11.5 Å². The molecule has 0 aliphatic carbocycles. The van der Waals surface area contributed by atoms with Crippen LogP contribution in [0.4, 0.5) is 19.6 Å². The Labute approximate surface area is 174 Å². The Hall–Kier alpha value is -3.53. The number of nitrogens with one attached hydrogen (secondary N) is 2. The molecule has 0 saturated heterocycles. The van der Waals surface area contributed by atoms with Gasteiger partial charge in [0.2, 0.25) is 5.91 Å². The molecule has 0 radical (unpaired) electrons. The van der Waals surface area contributed by atoms with Gasteiger partial charge in [-0.3, -0.25) is 14.9 Å². The molecule has 2 amide bonds. The first kappa shape index (κ1) is 21.2. The number of hydrogen-bond donors (Lipinski definition) is 2. The molecule has 1 heterocycles. The molecule has 0 bridgehead atoms. The fraction of sp³-hybridized carbons (Fsp3) is 0.150. The average molecular weight is 433 g/mol. The molecule has 2 aromatic carbocycles. The molecule has 1 aromatic heterocycles. The lowest BCUT2D eigenvalue weighted by Gasteiger charge is -2.08. The van der Waals surface area contributed by atoms with Crippen molar-refractivity contribution < 1.29 is 27.8 Å². The van der Waals surface area contributed by atoms with Gasteiger partial charge in [-0.25, -0.2) is 13.8 Å². The van der Waals surface area contributed by atoms with Crippen LogP contribution in [-0.4, -0.2) is 31.0 Å². The van der Waals surface area contributed by atoms with Crippen LogP contribution < -0.4 is 20.1 Å². The van der Waals surface area contributed by atoms with Gasteiger partial charge in [0.05, 0.1) is 26.3 Å². The van der Waals surface area contributed by atoms with Gasteiger partial charge in [-0.2, -0.15) is 0 Å². The summed E-state index contributed by atoms with van der Waals surface area (Å²) in [5, 5.41) is 7.04. The number of thiazole rings is 1. The highest BCUT2D eigenvalue weighted by Gasteiger charge is 2.14. The van der Waals surface area contributed by atoms with E-state index in [4.69, 9.17) is 9.47 Å².